The first kappa shape index (κ1) is 11.4. The number of hydrogen-bond donors (Lipinski definition) is 1. The number of furan rings is 1. The van der Waals surface area contributed by atoms with E-state index in [1.165, 1.54) is 19.3 Å². The molecule has 2 fully saturated rings. The first-order chi connectivity index (χ1) is 9.38. The molecule has 2 aromatic rings. The largest absolute Gasteiger partial charge is 0.490 e. The second-order valence-corrected chi connectivity index (χ2v) is 5.79. The van der Waals surface area contributed by atoms with Crippen LogP contribution < -0.4 is 10.1 Å². The summed E-state index contributed by atoms with van der Waals surface area (Å²) in [4.78, 5) is 0. The Morgan fingerprint density at radius 1 is 1.11 bits per heavy atom. The lowest BCUT2D eigenvalue weighted by Gasteiger charge is -2.40. The molecule has 1 unspecified atom stereocenters. The molecule has 100 valence electrons. The Hall–Kier alpha value is -1.48. The van der Waals surface area contributed by atoms with Gasteiger partial charge in [0.15, 0.2) is 0 Å². The molecular formula is C16H19NO2. The van der Waals surface area contributed by atoms with Gasteiger partial charge >= 0.3 is 0 Å². The average Bonchev–Trinajstić information content (AvgIpc) is 2.88. The molecule has 0 amide bonds. The number of rotatable bonds is 2. The van der Waals surface area contributed by atoms with Crippen LogP contribution in [0.5, 0.6) is 5.75 Å². The van der Waals surface area contributed by atoms with Gasteiger partial charge in [-0.05, 0) is 43.9 Å². The highest BCUT2D eigenvalue weighted by Gasteiger charge is 2.32. The van der Waals surface area contributed by atoms with Crippen LogP contribution in [-0.4, -0.2) is 18.2 Å². The molecular weight excluding hydrogens is 238 g/mol. The Kier molecular flexibility index (Phi) is 2.73. The minimum atomic E-state index is 0.344. The third kappa shape index (κ3) is 2.12. The summed E-state index contributed by atoms with van der Waals surface area (Å²) in [7, 11) is 0. The van der Waals surface area contributed by atoms with Crippen molar-refractivity contribution in [2.24, 2.45) is 0 Å². The molecule has 0 aliphatic carbocycles. The van der Waals surface area contributed by atoms with Gasteiger partial charge in [0.2, 0.25) is 0 Å². The van der Waals surface area contributed by atoms with Gasteiger partial charge in [0.05, 0.1) is 11.6 Å². The third-order valence-electron chi connectivity index (χ3n) is 4.42. The van der Waals surface area contributed by atoms with Gasteiger partial charge in [0, 0.05) is 12.1 Å². The molecule has 2 aliphatic rings. The van der Waals surface area contributed by atoms with Gasteiger partial charge < -0.3 is 14.5 Å². The van der Waals surface area contributed by atoms with E-state index in [0.29, 0.717) is 18.2 Å². The summed E-state index contributed by atoms with van der Waals surface area (Å²) < 4.78 is 11.7. The lowest BCUT2D eigenvalue weighted by Crippen LogP contribution is -2.51. The number of fused-ring (bicyclic) bond motifs is 3. The molecule has 3 nitrogen and oxygen atoms in total. The Morgan fingerprint density at radius 2 is 1.95 bits per heavy atom. The second-order valence-electron chi connectivity index (χ2n) is 5.79. The Bertz CT molecular complexity index is 565. The lowest BCUT2D eigenvalue weighted by atomic mass is 9.85. The number of ether oxygens (including phenoxy) is 1. The van der Waals surface area contributed by atoms with E-state index in [9.17, 15) is 0 Å². The molecule has 2 bridgehead atoms. The normalized spacial score (nSPS) is 30.4. The summed E-state index contributed by atoms with van der Waals surface area (Å²) in [6.45, 7) is 0. The van der Waals surface area contributed by atoms with Crippen molar-refractivity contribution in [2.75, 3.05) is 0 Å². The van der Waals surface area contributed by atoms with Gasteiger partial charge in [-0.2, -0.15) is 0 Å². The molecule has 3 heteroatoms. The van der Waals surface area contributed by atoms with E-state index in [1.807, 2.05) is 18.2 Å². The van der Waals surface area contributed by atoms with Crippen molar-refractivity contribution in [3.63, 3.8) is 0 Å². The summed E-state index contributed by atoms with van der Waals surface area (Å²) in [5.74, 6) is 0.969. The molecule has 1 aromatic carbocycles. The van der Waals surface area contributed by atoms with E-state index in [4.69, 9.17) is 9.15 Å². The fourth-order valence-corrected chi connectivity index (χ4v) is 3.56. The average molecular weight is 257 g/mol. The van der Waals surface area contributed by atoms with Gasteiger partial charge in [-0.15, -0.1) is 0 Å². The number of nitrogens with one attached hydrogen (secondary N) is 1. The maximum atomic E-state index is 6.26. The van der Waals surface area contributed by atoms with Gasteiger partial charge in [-0.25, -0.2) is 0 Å². The van der Waals surface area contributed by atoms with E-state index < -0.39 is 0 Å². The van der Waals surface area contributed by atoms with Crippen LogP contribution in [0.1, 0.15) is 32.1 Å². The zero-order valence-electron chi connectivity index (χ0n) is 11.0. The third-order valence-corrected chi connectivity index (χ3v) is 4.42. The highest BCUT2D eigenvalue weighted by Crippen LogP contribution is 2.32. The summed E-state index contributed by atoms with van der Waals surface area (Å²) >= 11 is 0. The summed E-state index contributed by atoms with van der Waals surface area (Å²) in [6, 6.07) is 9.34. The van der Waals surface area contributed by atoms with Crippen molar-refractivity contribution in [3.05, 3.63) is 30.5 Å². The molecule has 0 spiro atoms. The molecule has 3 heterocycles. The predicted molar refractivity (Wildman–Crippen MR) is 74.4 cm³/mol. The summed E-state index contributed by atoms with van der Waals surface area (Å²) in [5.41, 5.74) is 0.909. The van der Waals surface area contributed by atoms with Crippen LogP contribution in [0.4, 0.5) is 0 Å². The minimum absolute atomic E-state index is 0.344. The number of piperidine rings is 2. The molecule has 1 N–H and O–H groups in total. The maximum absolute atomic E-state index is 6.26. The van der Waals surface area contributed by atoms with Crippen molar-refractivity contribution in [1.82, 2.24) is 5.32 Å². The van der Waals surface area contributed by atoms with E-state index in [1.54, 1.807) is 6.26 Å². The van der Waals surface area contributed by atoms with Gasteiger partial charge in [-0.3, -0.25) is 0 Å². The van der Waals surface area contributed by atoms with Crippen molar-refractivity contribution in [2.45, 2.75) is 50.3 Å². The van der Waals surface area contributed by atoms with Crippen LogP contribution in [0.15, 0.2) is 34.9 Å². The van der Waals surface area contributed by atoms with Crippen molar-refractivity contribution < 1.29 is 9.15 Å². The van der Waals surface area contributed by atoms with Crippen LogP contribution in [0, 0.1) is 0 Å². The Morgan fingerprint density at radius 3 is 2.79 bits per heavy atom. The lowest BCUT2D eigenvalue weighted by molar-refractivity contribution is 0.0939. The first-order valence-electron chi connectivity index (χ1n) is 7.27. The smallest absolute Gasteiger partial charge is 0.137 e. The van der Waals surface area contributed by atoms with E-state index >= 15 is 0 Å². The SMILES string of the molecule is c1cc(OC2C[C@H]3CCC[C@@H](C2)N3)c2ccoc2c1. The highest BCUT2D eigenvalue weighted by atomic mass is 16.5. The summed E-state index contributed by atoms with van der Waals surface area (Å²) in [6.07, 6.45) is 8.30. The van der Waals surface area contributed by atoms with Crippen molar-refractivity contribution in [1.29, 1.82) is 0 Å². The van der Waals surface area contributed by atoms with Gasteiger partial charge in [0.25, 0.3) is 0 Å². The predicted octanol–water partition coefficient (Wildman–Crippen LogP) is 3.48. The molecule has 4 rings (SSSR count). The van der Waals surface area contributed by atoms with E-state index in [0.717, 1.165) is 29.6 Å². The first-order valence-corrected chi connectivity index (χ1v) is 7.27. The van der Waals surface area contributed by atoms with E-state index in [2.05, 4.69) is 11.4 Å². The fourth-order valence-electron chi connectivity index (χ4n) is 3.56. The quantitative estimate of drug-likeness (QED) is 0.894. The zero-order valence-corrected chi connectivity index (χ0v) is 11.0. The molecule has 0 radical (unpaired) electrons. The molecule has 19 heavy (non-hydrogen) atoms. The second kappa shape index (κ2) is 4.57. The molecule has 2 saturated heterocycles. The topological polar surface area (TPSA) is 34.4 Å². The van der Waals surface area contributed by atoms with Crippen LogP contribution in [0.25, 0.3) is 11.0 Å². The standard InChI is InChI=1S/C16H19NO2/c1-3-11-9-13(10-12(4-1)17-11)19-16-6-2-5-15-14(16)7-8-18-15/h2,5-8,11-13,17H,1,3-4,9-10H2/t11-,12+,13?. The fraction of sp³-hybridized carbons (Fsp3) is 0.500. The van der Waals surface area contributed by atoms with E-state index in [-0.39, 0.29) is 0 Å². The highest BCUT2D eigenvalue weighted by molar-refractivity contribution is 5.83. The maximum Gasteiger partial charge on any atom is 0.137 e. The minimum Gasteiger partial charge on any atom is -0.490 e. The van der Waals surface area contributed by atoms with Crippen molar-refractivity contribution >= 4 is 11.0 Å². The summed E-state index contributed by atoms with van der Waals surface area (Å²) in [5, 5.41) is 4.79. The van der Waals surface area contributed by atoms with Crippen LogP contribution >= 0.6 is 0 Å². The number of hydrogen-bond acceptors (Lipinski definition) is 3. The molecule has 2 aliphatic heterocycles. The van der Waals surface area contributed by atoms with Crippen LogP contribution in [0.3, 0.4) is 0 Å². The molecule has 0 saturated carbocycles. The zero-order chi connectivity index (χ0) is 12.7. The van der Waals surface area contributed by atoms with Crippen LogP contribution in [-0.2, 0) is 0 Å². The van der Waals surface area contributed by atoms with Crippen molar-refractivity contribution in [3.8, 4) is 5.75 Å². The molecule has 3 atom stereocenters. The van der Waals surface area contributed by atoms with Crippen LogP contribution in [0.2, 0.25) is 0 Å². The number of benzene rings is 1. The Labute approximate surface area is 112 Å². The monoisotopic (exact) mass is 257 g/mol. The van der Waals surface area contributed by atoms with Gasteiger partial charge in [0.1, 0.15) is 17.4 Å². The Balaban J connectivity index is 1.56. The molecule has 1 aromatic heterocycles. The van der Waals surface area contributed by atoms with Gasteiger partial charge in [-0.1, -0.05) is 12.5 Å².